The van der Waals surface area contributed by atoms with Gasteiger partial charge in [-0.2, -0.15) is 9.59 Å². The zero-order chi connectivity index (χ0) is 32.1. The first kappa shape index (κ1) is 34.9. The molecule has 0 amide bonds. The van der Waals surface area contributed by atoms with Crippen molar-refractivity contribution in [3.63, 3.8) is 0 Å². The fourth-order valence-electron chi connectivity index (χ4n) is 5.73. The number of esters is 1. The minimum Gasteiger partial charge on any atom is -0.657 e. The summed E-state index contributed by atoms with van der Waals surface area (Å²) in [7, 11) is 1.42. The molecule has 234 valence electrons. The number of hydrogen-bond donors (Lipinski definition) is 0. The molecule has 0 unspecified atom stereocenters. The fraction of sp³-hybridized carbons (Fsp3) is 0.278. The molecule has 0 spiro atoms. The van der Waals surface area contributed by atoms with Crippen LogP contribution in [0.3, 0.4) is 0 Å². The summed E-state index contributed by atoms with van der Waals surface area (Å²) in [5.41, 5.74) is 15.2. The van der Waals surface area contributed by atoms with Crippen LogP contribution in [0, 0.1) is 13.8 Å². The van der Waals surface area contributed by atoms with Gasteiger partial charge in [0.05, 0.1) is 29.9 Å². The van der Waals surface area contributed by atoms with Crippen LogP contribution in [0.1, 0.15) is 85.1 Å². The van der Waals surface area contributed by atoms with Crippen LogP contribution < -0.4 is 9.97 Å². The van der Waals surface area contributed by atoms with Crippen molar-refractivity contribution in [2.24, 2.45) is 0 Å². The van der Waals surface area contributed by atoms with E-state index in [0.29, 0.717) is 6.42 Å². The molecule has 3 aromatic heterocycles. The molecule has 45 heavy (non-hydrogen) atoms. The van der Waals surface area contributed by atoms with E-state index in [0.717, 1.165) is 96.7 Å². The predicted molar refractivity (Wildman–Crippen MR) is 174 cm³/mol. The number of methoxy groups -OCH3 is 1. The Morgan fingerprint density at radius 2 is 1.38 bits per heavy atom. The maximum Gasteiger partial charge on any atom is 2.00 e. The van der Waals surface area contributed by atoms with Gasteiger partial charge in [0.1, 0.15) is 0 Å². The van der Waals surface area contributed by atoms with Gasteiger partial charge in [0.2, 0.25) is 0 Å². The van der Waals surface area contributed by atoms with Crippen LogP contribution >= 0.6 is 0 Å². The molecule has 0 radical (unpaired) electrons. The van der Waals surface area contributed by atoms with Crippen molar-refractivity contribution in [2.75, 3.05) is 7.11 Å². The van der Waals surface area contributed by atoms with Gasteiger partial charge >= 0.3 is 28.6 Å². The number of allylic oxidation sites excluding steroid dienone is 5. The molecule has 2 aliphatic rings. The van der Waals surface area contributed by atoms with Crippen molar-refractivity contribution >= 4 is 62.6 Å². The summed E-state index contributed by atoms with van der Waals surface area (Å²) in [6.07, 6.45) is 6.66. The quantitative estimate of drug-likeness (QED) is 0.196. The molecule has 5 rings (SSSR count). The maximum absolute atomic E-state index is 12.1. The minimum atomic E-state index is -0.246. The summed E-state index contributed by atoms with van der Waals surface area (Å²) in [6.45, 7) is 18.6. The van der Waals surface area contributed by atoms with Gasteiger partial charge in [-0.3, -0.25) is 4.79 Å². The second kappa shape index (κ2) is 14.9. The first-order chi connectivity index (χ1) is 21.1. The Bertz CT molecular complexity index is 1940. The molecule has 0 aromatic carbocycles. The molecule has 0 saturated heterocycles. The molecular weight excluding hydrogens is 611 g/mol. The van der Waals surface area contributed by atoms with Gasteiger partial charge in [-0.1, -0.05) is 79.6 Å². The molecule has 2 aliphatic heterocycles. The Kier molecular flexibility index (Phi) is 11.6. The van der Waals surface area contributed by atoms with Gasteiger partial charge < -0.3 is 14.7 Å². The molecule has 8 nitrogen and oxygen atoms in total. The van der Waals surface area contributed by atoms with Crippen LogP contribution in [-0.2, 0) is 42.0 Å². The van der Waals surface area contributed by atoms with Crippen molar-refractivity contribution in [3.05, 3.63) is 88.5 Å². The van der Waals surface area contributed by atoms with Gasteiger partial charge in [-0.25, -0.2) is 9.97 Å². The standard InChI is InChI=1S/C35H36N4O2.CO2.Ni/c1-9-12-25-21(6)28-15-27-19(4)23(10-2)31(36-27)16-29-20(5)24(11-3)32(37-29)17-30-22(7)26(13-14-35(40)41-8)34(39-30)18-33(25)38-28;2-1-3;/h10-11,15-18H,2-3,9,12-14H2,1,4-8H3;;/q-2;;+2. The zero-order valence-electron chi connectivity index (χ0n) is 26.4. The van der Waals surface area contributed by atoms with Crippen LogP contribution in [0.5, 0.6) is 0 Å². The van der Waals surface area contributed by atoms with Crippen LogP contribution in [0.15, 0.2) is 43.5 Å². The van der Waals surface area contributed by atoms with Crippen molar-refractivity contribution in [1.29, 1.82) is 0 Å². The van der Waals surface area contributed by atoms with Crippen LogP contribution in [0.4, 0.5) is 0 Å². The number of fused-ring (bicyclic) bond motifs is 8. The van der Waals surface area contributed by atoms with Gasteiger partial charge in [-0.15, -0.1) is 22.1 Å². The van der Waals surface area contributed by atoms with E-state index in [1.54, 1.807) is 0 Å². The molecule has 0 saturated carbocycles. The number of aryl methyl sites for hydroxylation is 3. The van der Waals surface area contributed by atoms with E-state index in [-0.39, 0.29) is 35.0 Å². The van der Waals surface area contributed by atoms with E-state index in [9.17, 15) is 4.79 Å². The number of hydrogen-bond acceptors (Lipinski definition) is 6. The Morgan fingerprint density at radius 3 is 2.00 bits per heavy atom. The first-order valence-corrected chi connectivity index (χ1v) is 14.5. The van der Waals surface area contributed by atoms with E-state index in [4.69, 9.17) is 34.3 Å². The van der Waals surface area contributed by atoms with Crippen LogP contribution in [0.2, 0.25) is 0 Å². The van der Waals surface area contributed by atoms with Gasteiger partial charge in [-0.05, 0) is 62.8 Å². The van der Waals surface area contributed by atoms with Crippen molar-refractivity contribution < 1.29 is 35.6 Å². The molecule has 5 heterocycles. The smallest absolute Gasteiger partial charge is 0.657 e. The normalized spacial score (nSPS) is 12.1. The SMILES string of the molecule is C=CC1=C(C)c2cc3[n-]c(cc4nc(cc5[n-]c(cc1n2)c(C)c5CCC(=O)OC)C(CCC)=C4C)c(C)c3C=C.O=C=O.[Ni+2]. The summed E-state index contributed by atoms with van der Waals surface area (Å²) in [6, 6.07) is 8.19. The third-order valence-corrected chi connectivity index (χ3v) is 8.19. The third kappa shape index (κ3) is 6.90. The Labute approximate surface area is 273 Å². The molecule has 9 heteroatoms. The second-order valence-electron chi connectivity index (χ2n) is 10.7. The molecule has 0 aliphatic carbocycles. The summed E-state index contributed by atoms with van der Waals surface area (Å²) in [5, 5.41) is 0. The van der Waals surface area contributed by atoms with Gasteiger partial charge in [0.25, 0.3) is 0 Å². The largest absolute Gasteiger partial charge is 2.00 e. The second-order valence-corrected chi connectivity index (χ2v) is 10.7. The molecule has 0 N–H and O–H groups in total. The minimum absolute atomic E-state index is 0. The van der Waals surface area contributed by atoms with Gasteiger partial charge in [0, 0.05) is 12.0 Å². The summed E-state index contributed by atoms with van der Waals surface area (Å²) >= 11 is 0. The molecule has 0 fully saturated rings. The Morgan fingerprint density at radius 1 is 0.822 bits per heavy atom. The van der Waals surface area contributed by atoms with Crippen molar-refractivity contribution in [1.82, 2.24) is 19.9 Å². The molecular formula is C36H36N4NiO4. The maximum atomic E-state index is 12.1. The van der Waals surface area contributed by atoms with Crippen LogP contribution in [-0.4, -0.2) is 29.2 Å². The average molecular weight is 647 g/mol. The number of aromatic nitrogens is 4. The van der Waals surface area contributed by atoms with Crippen LogP contribution in [0.25, 0.3) is 50.4 Å². The number of ether oxygens (including phenoxy) is 1. The Balaban J connectivity index is 0.00000133. The average Bonchev–Trinajstić information content (AvgIpc) is 3.66. The number of carbonyl (C=O) groups excluding carboxylic acids is 3. The van der Waals surface area contributed by atoms with Crippen molar-refractivity contribution in [3.8, 4) is 0 Å². The van der Waals surface area contributed by atoms with E-state index in [1.807, 2.05) is 24.3 Å². The monoisotopic (exact) mass is 646 g/mol. The van der Waals surface area contributed by atoms with E-state index in [2.05, 4.69) is 59.9 Å². The summed E-state index contributed by atoms with van der Waals surface area (Å²) in [4.78, 5) is 48.5. The first-order valence-electron chi connectivity index (χ1n) is 14.5. The number of rotatable bonds is 7. The van der Waals surface area contributed by atoms with E-state index < -0.39 is 0 Å². The summed E-state index contributed by atoms with van der Waals surface area (Å²) in [5.74, 6) is -0.246. The summed E-state index contributed by atoms with van der Waals surface area (Å²) < 4.78 is 4.94. The Hall–Kier alpha value is -4.58. The van der Waals surface area contributed by atoms with E-state index in [1.165, 1.54) is 12.7 Å². The molecule has 0 atom stereocenters. The van der Waals surface area contributed by atoms with Gasteiger partial charge in [0.15, 0.2) is 0 Å². The molecule has 8 bridgehead atoms. The fourth-order valence-corrected chi connectivity index (χ4v) is 5.73. The third-order valence-electron chi connectivity index (χ3n) is 8.19. The zero-order valence-corrected chi connectivity index (χ0v) is 27.4. The number of carbonyl (C=O) groups is 1. The topological polar surface area (TPSA) is 114 Å². The van der Waals surface area contributed by atoms with Crippen molar-refractivity contribution in [2.45, 2.75) is 60.3 Å². The predicted octanol–water partition coefficient (Wildman–Crippen LogP) is 7.20. The molecule has 3 aromatic rings. The van der Waals surface area contributed by atoms with E-state index >= 15 is 0 Å². The number of nitrogens with zero attached hydrogens (tertiary/aromatic N) is 4.